The lowest BCUT2D eigenvalue weighted by atomic mass is 9.95. The van der Waals surface area contributed by atoms with E-state index < -0.39 is 0 Å². The molecule has 2 heterocycles. The Bertz CT molecular complexity index is 937. The molecule has 0 aliphatic carbocycles. The largest absolute Gasteiger partial charge is 0.370 e. The van der Waals surface area contributed by atoms with E-state index in [1.807, 2.05) is 46.2 Å². The molecule has 0 unspecified atom stereocenters. The van der Waals surface area contributed by atoms with Gasteiger partial charge in [-0.1, -0.05) is 30.3 Å². The summed E-state index contributed by atoms with van der Waals surface area (Å²) in [5.41, 5.74) is 2.00. The average molecular weight is 436 g/mol. The fourth-order valence-corrected chi connectivity index (χ4v) is 4.49. The van der Waals surface area contributed by atoms with Gasteiger partial charge in [0.05, 0.1) is 0 Å². The van der Waals surface area contributed by atoms with Gasteiger partial charge in [-0.15, -0.1) is 0 Å². The molecule has 32 heavy (non-hydrogen) atoms. The van der Waals surface area contributed by atoms with Crippen LogP contribution >= 0.6 is 0 Å². The number of carbonyl (C=O) groups excluding carboxylic acids is 2. The van der Waals surface area contributed by atoms with E-state index in [2.05, 4.69) is 4.90 Å². The molecular weight excluding hydrogens is 405 g/mol. The summed E-state index contributed by atoms with van der Waals surface area (Å²) in [6, 6.07) is 16.3. The summed E-state index contributed by atoms with van der Waals surface area (Å²) in [6.07, 6.45) is 5.77. The van der Waals surface area contributed by atoms with E-state index >= 15 is 0 Å². The molecule has 0 aromatic heterocycles. The molecule has 0 spiro atoms. The van der Waals surface area contributed by atoms with Crippen molar-refractivity contribution in [2.24, 2.45) is 5.92 Å². The first-order chi connectivity index (χ1) is 15.6. The van der Waals surface area contributed by atoms with Crippen molar-refractivity contribution in [1.82, 2.24) is 9.80 Å². The molecule has 4 rings (SSSR count). The van der Waals surface area contributed by atoms with Crippen LogP contribution in [0.5, 0.6) is 0 Å². The number of carbonyl (C=O) groups is 2. The molecule has 2 saturated heterocycles. The highest BCUT2D eigenvalue weighted by Crippen LogP contribution is 2.22. The molecule has 0 N–H and O–H groups in total. The van der Waals surface area contributed by atoms with Gasteiger partial charge in [-0.25, -0.2) is 4.39 Å². The molecule has 6 heteroatoms. The molecule has 0 radical (unpaired) electrons. The molecule has 2 aliphatic heterocycles. The first-order valence-electron chi connectivity index (χ1n) is 11.4. The summed E-state index contributed by atoms with van der Waals surface area (Å²) in [6.45, 7) is 4.26. The zero-order valence-corrected chi connectivity index (χ0v) is 18.3. The lowest BCUT2D eigenvalue weighted by molar-refractivity contribution is -0.139. The smallest absolute Gasteiger partial charge is 0.246 e. The molecule has 2 aliphatic rings. The van der Waals surface area contributed by atoms with Crippen LogP contribution in [-0.2, 0) is 9.59 Å². The zero-order chi connectivity index (χ0) is 22.3. The minimum absolute atomic E-state index is 0.00413. The average Bonchev–Trinajstić information content (AvgIpc) is 3.10. The maximum absolute atomic E-state index is 13.2. The Morgan fingerprint density at radius 1 is 0.812 bits per heavy atom. The van der Waals surface area contributed by atoms with E-state index in [1.54, 1.807) is 18.2 Å². The summed E-state index contributed by atoms with van der Waals surface area (Å²) < 4.78 is 13.2. The molecule has 0 saturated carbocycles. The van der Waals surface area contributed by atoms with Gasteiger partial charge in [0.2, 0.25) is 11.8 Å². The van der Waals surface area contributed by atoms with Gasteiger partial charge in [-0.3, -0.25) is 9.59 Å². The highest BCUT2D eigenvalue weighted by molar-refractivity contribution is 5.92. The highest BCUT2D eigenvalue weighted by Gasteiger charge is 2.30. The Labute approximate surface area is 189 Å². The van der Waals surface area contributed by atoms with Gasteiger partial charge in [0.1, 0.15) is 5.82 Å². The number of hydrogen-bond donors (Lipinski definition) is 0. The Balaban J connectivity index is 1.26. The van der Waals surface area contributed by atoms with Gasteiger partial charge in [-0.05, 0) is 55.2 Å². The third-order valence-corrected chi connectivity index (χ3v) is 6.37. The summed E-state index contributed by atoms with van der Waals surface area (Å²) in [4.78, 5) is 31.6. The number of likely N-dealkylation sites (tertiary alicyclic amines) is 1. The van der Waals surface area contributed by atoms with E-state index in [9.17, 15) is 14.0 Å². The summed E-state index contributed by atoms with van der Waals surface area (Å²) in [7, 11) is 0. The van der Waals surface area contributed by atoms with Crippen LogP contribution in [0.15, 0.2) is 60.7 Å². The van der Waals surface area contributed by atoms with Gasteiger partial charge >= 0.3 is 0 Å². The Kier molecular flexibility index (Phi) is 7.20. The summed E-state index contributed by atoms with van der Waals surface area (Å²) in [5, 5.41) is 0. The van der Waals surface area contributed by atoms with Crippen molar-refractivity contribution in [3.63, 3.8) is 0 Å². The fourth-order valence-electron chi connectivity index (χ4n) is 4.49. The zero-order valence-electron chi connectivity index (χ0n) is 18.3. The maximum atomic E-state index is 13.2. The number of amides is 2. The predicted octanol–water partition coefficient (Wildman–Crippen LogP) is 3.82. The number of hydrogen-bond acceptors (Lipinski definition) is 3. The molecule has 0 atom stereocenters. The van der Waals surface area contributed by atoms with Crippen molar-refractivity contribution in [1.29, 1.82) is 0 Å². The number of rotatable bonds is 4. The Hall–Kier alpha value is -3.15. The fraction of sp³-hybridized carbons (Fsp3) is 0.385. The van der Waals surface area contributed by atoms with E-state index in [0.717, 1.165) is 37.3 Å². The normalized spacial score (nSPS) is 18.1. The van der Waals surface area contributed by atoms with Crippen LogP contribution in [0.25, 0.3) is 6.08 Å². The lowest BCUT2D eigenvalue weighted by Crippen LogP contribution is -2.45. The second-order valence-corrected chi connectivity index (χ2v) is 8.49. The van der Waals surface area contributed by atoms with Gasteiger partial charge in [-0.2, -0.15) is 0 Å². The van der Waals surface area contributed by atoms with Crippen molar-refractivity contribution >= 4 is 23.6 Å². The molecular formula is C26H30FN3O2. The van der Waals surface area contributed by atoms with Crippen molar-refractivity contribution in [3.8, 4) is 0 Å². The SMILES string of the molecule is O=C(/C=C/c1ccccc1)N1CCC(C(=O)N2CCCN(c3ccc(F)cc3)CC2)CC1. The minimum Gasteiger partial charge on any atom is -0.370 e. The second kappa shape index (κ2) is 10.4. The van der Waals surface area contributed by atoms with Crippen molar-refractivity contribution in [2.45, 2.75) is 19.3 Å². The van der Waals surface area contributed by atoms with E-state index in [1.165, 1.54) is 12.1 Å². The van der Waals surface area contributed by atoms with Crippen molar-refractivity contribution in [2.75, 3.05) is 44.2 Å². The van der Waals surface area contributed by atoms with Crippen LogP contribution in [0.2, 0.25) is 0 Å². The van der Waals surface area contributed by atoms with Gasteiger partial charge in [0.15, 0.2) is 0 Å². The number of nitrogens with zero attached hydrogens (tertiary/aromatic N) is 3. The molecule has 0 bridgehead atoms. The summed E-state index contributed by atoms with van der Waals surface area (Å²) >= 11 is 0. The van der Waals surface area contributed by atoms with E-state index in [-0.39, 0.29) is 23.5 Å². The monoisotopic (exact) mass is 435 g/mol. The third-order valence-electron chi connectivity index (χ3n) is 6.37. The van der Waals surface area contributed by atoms with Gasteiger partial charge in [0, 0.05) is 56.9 Å². The third kappa shape index (κ3) is 5.55. The Morgan fingerprint density at radius 3 is 2.25 bits per heavy atom. The lowest BCUT2D eigenvalue weighted by Gasteiger charge is -2.33. The Morgan fingerprint density at radius 2 is 1.53 bits per heavy atom. The van der Waals surface area contributed by atoms with Crippen LogP contribution in [-0.4, -0.2) is 60.9 Å². The molecule has 168 valence electrons. The van der Waals surface area contributed by atoms with Crippen molar-refractivity contribution in [3.05, 3.63) is 72.1 Å². The molecule has 2 aromatic rings. The molecule has 2 fully saturated rings. The quantitative estimate of drug-likeness (QED) is 0.686. The van der Waals surface area contributed by atoms with Gasteiger partial charge < -0.3 is 14.7 Å². The van der Waals surface area contributed by atoms with E-state index in [0.29, 0.717) is 32.5 Å². The van der Waals surface area contributed by atoms with Crippen LogP contribution in [0, 0.1) is 11.7 Å². The van der Waals surface area contributed by atoms with Crippen LogP contribution < -0.4 is 4.90 Å². The standard InChI is InChI=1S/C26H30FN3O2/c27-23-8-10-24(11-9-23)28-15-4-16-30(20-19-28)26(32)22-13-17-29(18-14-22)25(31)12-7-21-5-2-1-3-6-21/h1-3,5-12,22H,4,13-20H2/b12-7+. The number of halogens is 1. The van der Waals surface area contributed by atoms with Crippen LogP contribution in [0.3, 0.4) is 0 Å². The molecule has 2 amide bonds. The molecule has 5 nitrogen and oxygen atoms in total. The minimum atomic E-state index is -0.235. The van der Waals surface area contributed by atoms with Crippen LogP contribution in [0.1, 0.15) is 24.8 Å². The first-order valence-corrected chi connectivity index (χ1v) is 11.4. The first kappa shape index (κ1) is 22.1. The highest BCUT2D eigenvalue weighted by atomic mass is 19.1. The number of piperidine rings is 1. The maximum Gasteiger partial charge on any atom is 0.246 e. The number of anilines is 1. The number of benzene rings is 2. The summed E-state index contributed by atoms with van der Waals surface area (Å²) in [5.74, 6) is -0.0439. The van der Waals surface area contributed by atoms with E-state index in [4.69, 9.17) is 0 Å². The molecule has 2 aromatic carbocycles. The topological polar surface area (TPSA) is 43.9 Å². The second-order valence-electron chi connectivity index (χ2n) is 8.49. The van der Waals surface area contributed by atoms with Crippen molar-refractivity contribution < 1.29 is 14.0 Å². The predicted molar refractivity (Wildman–Crippen MR) is 125 cm³/mol. The van der Waals surface area contributed by atoms with Gasteiger partial charge in [0.25, 0.3) is 0 Å². The van der Waals surface area contributed by atoms with Crippen LogP contribution in [0.4, 0.5) is 10.1 Å².